The van der Waals surface area contributed by atoms with Gasteiger partial charge in [0.25, 0.3) is 5.78 Å². The van der Waals surface area contributed by atoms with Gasteiger partial charge in [-0.2, -0.15) is 4.98 Å². The van der Waals surface area contributed by atoms with Crippen LogP contribution in [0.2, 0.25) is 0 Å². The van der Waals surface area contributed by atoms with Crippen LogP contribution in [0.1, 0.15) is 22.5 Å². The molecule has 154 valence electrons. The molecule has 0 fully saturated rings. The maximum Gasteiger partial charge on any atom is 0.253 e. The quantitative estimate of drug-likeness (QED) is 0.565. The second kappa shape index (κ2) is 9.13. The summed E-state index contributed by atoms with van der Waals surface area (Å²) >= 11 is 1.46. The Bertz CT molecular complexity index is 1030. The minimum atomic E-state index is -0.0527. The molecular weight excluding hydrogens is 390 g/mol. The molecular formula is C20H25N5O3S. The van der Waals surface area contributed by atoms with Crippen LogP contribution in [0.3, 0.4) is 0 Å². The van der Waals surface area contributed by atoms with Crippen molar-refractivity contribution in [2.75, 3.05) is 27.0 Å². The minimum absolute atomic E-state index is 0.0527. The Morgan fingerprint density at radius 2 is 1.93 bits per heavy atom. The van der Waals surface area contributed by atoms with Crippen molar-refractivity contribution >= 4 is 23.4 Å². The summed E-state index contributed by atoms with van der Waals surface area (Å²) < 4.78 is 12.3. The average Bonchev–Trinajstić information content (AvgIpc) is 3.14. The van der Waals surface area contributed by atoms with E-state index in [-0.39, 0.29) is 12.3 Å². The summed E-state index contributed by atoms with van der Waals surface area (Å²) in [6, 6.07) is 5.75. The number of amides is 1. The maximum atomic E-state index is 12.5. The summed E-state index contributed by atoms with van der Waals surface area (Å²) in [7, 11) is 3.21. The topological polar surface area (TPSA) is 90.6 Å². The zero-order chi connectivity index (χ0) is 21.0. The van der Waals surface area contributed by atoms with Crippen LogP contribution in [0.4, 0.5) is 0 Å². The van der Waals surface area contributed by atoms with Gasteiger partial charge >= 0.3 is 0 Å². The highest BCUT2D eigenvalue weighted by Gasteiger charge is 2.16. The Kier molecular flexibility index (Phi) is 6.58. The van der Waals surface area contributed by atoms with Gasteiger partial charge in [0.2, 0.25) is 11.1 Å². The average molecular weight is 416 g/mol. The molecule has 0 aliphatic rings. The molecule has 9 heteroatoms. The molecule has 0 bridgehead atoms. The zero-order valence-corrected chi connectivity index (χ0v) is 18.1. The van der Waals surface area contributed by atoms with Gasteiger partial charge < -0.3 is 14.8 Å². The number of aromatic nitrogens is 4. The molecule has 1 aromatic carbocycles. The number of ether oxygens (including phenoxy) is 2. The molecule has 1 amide bonds. The molecule has 0 spiro atoms. The third-order valence-electron chi connectivity index (χ3n) is 4.73. The van der Waals surface area contributed by atoms with Gasteiger partial charge in [-0.25, -0.2) is 9.50 Å². The van der Waals surface area contributed by atoms with Crippen molar-refractivity contribution in [1.29, 1.82) is 0 Å². The summed E-state index contributed by atoms with van der Waals surface area (Å²) in [6.07, 6.45) is 2.87. The Hall–Kier alpha value is -2.81. The van der Waals surface area contributed by atoms with E-state index >= 15 is 0 Å². The van der Waals surface area contributed by atoms with Crippen molar-refractivity contribution in [3.63, 3.8) is 0 Å². The van der Waals surface area contributed by atoms with Gasteiger partial charge in [-0.3, -0.25) is 4.79 Å². The molecule has 8 nitrogen and oxygen atoms in total. The number of benzene rings is 1. The largest absolute Gasteiger partial charge is 0.493 e. The highest BCUT2D eigenvalue weighted by Crippen LogP contribution is 2.27. The van der Waals surface area contributed by atoms with E-state index < -0.39 is 0 Å². The van der Waals surface area contributed by atoms with Crippen LogP contribution >= 0.6 is 11.8 Å². The number of carbonyl (C=O) groups is 1. The number of hydrogen-bond donors (Lipinski definition) is 1. The molecule has 0 atom stereocenters. The minimum Gasteiger partial charge on any atom is -0.493 e. The van der Waals surface area contributed by atoms with Gasteiger partial charge in [0, 0.05) is 23.5 Å². The zero-order valence-electron chi connectivity index (χ0n) is 17.3. The van der Waals surface area contributed by atoms with Crippen LogP contribution in [0.15, 0.2) is 23.4 Å². The summed E-state index contributed by atoms with van der Waals surface area (Å²) in [4.78, 5) is 21.4. The molecule has 0 saturated heterocycles. The lowest BCUT2D eigenvalue weighted by Gasteiger charge is -2.12. The van der Waals surface area contributed by atoms with Gasteiger partial charge in [0.15, 0.2) is 11.5 Å². The summed E-state index contributed by atoms with van der Waals surface area (Å²) in [5, 5.41) is 8.06. The van der Waals surface area contributed by atoms with Crippen LogP contribution in [-0.2, 0) is 17.6 Å². The predicted molar refractivity (Wildman–Crippen MR) is 112 cm³/mol. The van der Waals surface area contributed by atoms with Crippen molar-refractivity contribution in [3.05, 3.63) is 40.7 Å². The molecule has 0 aliphatic carbocycles. The van der Waals surface area contributed by atoms with E-state index in [1.165, 1.54) is 11.8 Å². The maximum absolute atomic E-state index is 12.5. The van der Waals surface area contributed by atoms with Crippen molar-refractivity contribution in [2.24, 2.45) is 0 Å². The fourth-order valence-electron chi connectivity index (χ4n) is 3.14. The number of methoxy groups -OCH3 is 2. The van der Waals surface area contributed by atoms with Crippen LogP contribution in [0, 0.1) is 13.8 Å². The molecule has 0 unspecified atom stereocenters. The number of thioether (sulfide) groups is 1. The second-order valence-electron chi connectivity index (χ2n) is 6.54. The van der Waals surface area contributed by atoms with Crippen molar-refractivity contribution in [1.82, 2.24) is 24.9 Å². The van der Waals surface area contributed by atoms with Crippen molar-refractivity contribution in [3.8, 4) is 11.5 Å². The lowest BCUT2D eigenvalue weighted by Crippen LogP contribution is -2.28. The standard InChI is InChI=1S/C20H25N5O3S/c1-12-15(13(2)25-19(22-12)23-20(24-25)29-5)11-18(26)21-9-8-14-6-7-16(27-3)17(10-14)28-4/h6-7,10H,8-9,11H2,1-5H3,(H,21,26). The number of aryl methyl sites for hydroxylation is 2. The lowest BCUT2D eigenvalue weighted by atomic mass is 10.1. The summed E-state index contributed by atoms with van der Waals surface area (Å²) in [5.74, 6) is 1.87. The van der Waals surface area contributed by atoms with Gasteiger partial charge in [0.1, 0.15) is 0 Å². The van der Waals surface area contributed by atoms with E-state index in [4.69, 9.17) is 9.47 Å². The monoisotopic (exact) mass is 415 g/mol. The normalized spacial score (nSPS) is 10.9. The highest BCUT2D eigenvalue weighted by atomic mass is 32.2. The van der Waals surface area contributed by atoms with E-state index in [0.29, 0.717) is 35.4 Å². The second-order valence-corrected chi connectivity index (χ2v) is 7.31. The number of nitrogens with one attached hydrogen (secondary N) is 1. The van der Waals surface area contributed by atoms with Gasteiger partial charge in [-0.15, -0.1) is 5.10 Å². The van der Waals surface area contributed by atoms with E-state index in [1.807, 2.05) is 38.3 Å². The molecule has 1 N–H and O–H groups in total. The first-order valence-corrected chi connectivity index (χ1v) is 10.4. The molecule has 3 aromatic rings. The SMILES string of the molecule is COc1ccc(CCNC(=O)Cc2c(C)nc3nc(SC)nn3c2C)cc1OC. The fraction of sp³-hybridized carbons (Fsp3) is 0.400. The third kappa shape index (κ3) is 4.61. The Morgan fingerprint density at radius 1 is 1.17 bits per heavy atom. The summed E-state index contributed by atoms with van der Waals surface area (Å²) in [5.41, 5.74) is 3.62. The van der Waals surface area contributed by atoms with Gasteiger partial charge in [0.05, 0.1) is 20.6 Å². The van der Waals surface area contributed by atoms with Gasteiger partial charge in [-0.1, -0.05) is 17.8 Å². The molecule has 0 radical (unpaired) electrons. The lowest BCUT2D eigenvalue weighted by molar-refractivity contribution is -0.120. The van der Waals surface area contributed by atoms with E-state index in [2.05, 4.69) is 20.4 Å². The molecule has 3 rings (SSSR count). The van der Waals surface area contributed by atoms with Crippen LogP contribution in [0.5, 0.6) is 11.5 Å². The number of fused-ring (bicyclic) bond motifs is 1. The van der Waals surface area contributed by atoms with Crippen LogP contribution in [-0.4, -0.2) is 52.5 Å². The number of hydrogen-bond acceptors (Lipinski definition) is 7. The third-order valence-corrected chi connectivity index (χ3v) is 5.27. The first-order chi connectivity index (χ1) is 14.0. The Morgan fingerprint density at radius 3 is 2.62 bits per heavy atom. The van der Waals surface area contributed by atoms with Crippen molar-refractivity contribution in [2.45, 2.75) is 31.8 Å². The molecule has 29 heavy (non-hydrogen) atoms. The Labute approximate surface area is 174 Å². The first-order valence-electron chi connectivity index (χ1n) is 9.21. The van der Waals surface area contributed by atoms with Crippen LogP contribution < -0.4 is 14.8 Å². The predicted octanol–water partition coefficient (Wildman–Crippen LogP) is 2.38. The molecule has 0 saturated carbocycles. The number of nitrogens with zero attached hydrogens (tertiary/aromatic N) is 4. The van der Waals surface area contributed by atoms with Gasteiger partial charge in [-0.05, 0) is 44.2 Å². The molecule has 2 heterocycles. The molecule has 2 aromatic heterocycles. The number of rotatable bonds is 8. The number of carbonyl (C=O) groups excluding carboxylic acids is 1. The summed E-state index contributed by atoms with van der Waals surface area (Å²) in [6.45, 7) is 4.36. The highest BCUT2D eigenvalue weighted by molar-refractivity contribution is 7.98. The molecule has 0 aliphatic heterocycles. The fourth-order valence-corrected chi connectivity index (χ4v) is 3.47. The van der Waals surface area contributed by atoms with E-state index in [1.54, 1.807) is 18.7 Å². The van der Waals surface area contributed by atoms with Crippen LogP contribution in [0.25, 0.3) is 5.78 Å². The van der Waals surface area contributed by atoms with E-state index in [9.17, 15) is 4.79 Å². The van der Waals surface area contributed by atoms with Crippen molar-refractivity contribution < 1.29 is 14.3 Å². The smallest absolute Gasteiger partial charge is 0.253 e. The first kappa shape index (κ1) is 20.9. The Balaban J connectivity index is 1.64. The van der Waals surface area contributed by atoms with E-state index in [0.717, 1.165) is 22.5 Å².